The van der Waals surface area contributed by atoms with Gasteiger partial charge in [0.15, 0.2) is 0 Å². The van der Waals surface area contributed by atoms with Gasteiger partial charge in [0.05, 0.1) is 0 Å². The summed E-state index contributed by atoms with van der Waals surface area (Å²) in [6.07, 6.45) is 3.37. The number of anilines is 1. The minimum atomic E-state index is -0.231. The van der Waals surface area contributed by atoms with Gasteiger partial charge in [-0.2, -0.15) is 0 Å². The summed E-state index contributed by atoms with van der Waals surface area (Å²) in [7, 11) is 0. The molecule has 2 N–H and O–H groups in total. The number of pyridine rings is 1. The minimum Gasteiger partial charge on any atom is -0.333 e. The van der Waals surface area contributed by atoms with Gasteiger partial charge in [-0.1, -0.05) is 0 Å². The molecule has 0 saturated heterocycles. The molecule has 0 bridgehead atoms. The van der Waals surface area contributed by atoms with Crippen molar-refractivity contribution < 1.29 is 4.79 Å². The Bertz CT molecular complexity index is 355. The molecule has 1 heterocycles. The summed E-state index contributed by atoms with van der Waals surface area (Å²) < 4.78 is 0. The quantitative estimate of drug-likeness (QED) is 0.742. The van der Waals surface area contributed by atoms with E-state index in [0.717, 1.165) is 11.3 Å². The van der Waals surface area contributed by atoms with Crippen molar-refractivity contribution in [2.24, 2.45) is 0 Å². The van der Waals surface area contributed by atoms with Crippen LogP contribution in [0.2, 0.25) is 0 Å². The van der Waals surface area contributed by atoms with E-state index in [9.17, 15) is 4.79 Å². The second-order valence-corrected chi connectivity index (χ2v) is 4.52. The fourth-order valence-corrected chi connectivity index (χ4v) is 1.11. The van der Waals surface area contributed by atoms with E-state index in [1.807, 2.05) is 27.7 Å². The Kier molecular flexibility index (Phi) is 3.29. The molecule has 1 aromatic heterocycles. The predicted molar refractivity (Wildman–Crippen MR) is 60.9 cm³/mol. The van der Waals surface area contributed by atoms with E-state index >= 15 is 0 Å². The second kappa shape index (κ2) is 4.29. The summed E-state index contributed by atoms with van der Waals surface area (Å²) in [5, 5.41) is 5.60. The van der Waals surface area contributed by atoms with Gasteiger partial charge in [0.1, 0.15) is 0 Å². The molecule has 4 heteroatoms. The van der Waals surface area contributed by atoms with Gasteiger partial charge in [0, 0.05) is 23.6 Å². The molecule has 15 heavy (non-hydrogen) atoms. The van der Waals surface area contributed by atoms with E-state index in [2.05, 4.69) is 15.6 Å². The van der Waals surface area contributed by atoms with E-state index in [-0.39, 0.29) is 11.6 Å². The summed E-state index contributed by atoms with van der Waals surface area (Å²) >= 11 is 0. The van der Waals surface area contributed by atoms with Crippen LogP contribution in [0.4, 0.5) is 10.5 Å². The molecule has 1 aromatic rings. The molecule has 0 atom stereocenters. The van der Waals surface area contributed by atoms with Crippen LogP contribution < -0.4 is 10.6 Å². The second-order valence-electron chi connectivity index (χ2n) is 4.52. The molecule has 4 nitrogen and oxygen atoms in total. The van der Waals surface area contributed by atoms with Crippen LogP contribution in [-0.4, -0.2) is 16.6 Å². The zero-order valence-electron chi connectivity index (χ0n) is 9.59. The highest BCUT2D eigenvalue weighted by molar-refractivity contribution is 5.90. The predicted octanol–water partition coefficient (Wildman–Crippen LogP) is 2.31. The lowest BCUT2D eigenvalue weighted by Crippen LogP contribution is -2.43. The van der Waals surface area contributed by atoms with E-state index in [0.29, 0.717) is 0 Å². The van der Waals surface area contributed by atoms with Gasteiger partial charge in [-0.25, -0.2) is 4.79 Å². The highest BCUT2D eigenvalue weighted by atomic mass is 16.2. The smallest absolute Gasteiger partial charge is 0.319 e. The molecule has 0 radical (unpaired) electrons. The van der Waals surface area contributed by atoms with Crippen LogP contribution in [0.15, 0.2) is 18.5 Å². The SMILES string of the molecule is Cc1cnccc1NC(=O)NC(C)(C)C. The molecule has 0 aliphatic carbocycles. The number of carbonyl (C=O) groups is 1. The molecule has 0 saturated carbocycles. The van der Waals surface area contributed by atoms with Crippen LogP contribution in [0.1, 0.15) is 26.3 Å². The molecular weight excluding hydrogens is 190 g/mol. The number of hydrogen-bond donors (Lipinski definition) is 2. The molecule has 0 aliphatic rings. The third kappa shape index (κ3) is 3.97. The Labute approximate surface area is 90.1 Å². The molecule has 82 valence electrons. The topological polar surface area (TPSA) is 54.0 Å². The maximum Gasteiger partial charge on any atom is 0.319 e. The number of nitrogens with one attached hydrogen (secondary N) is 2. The molecule has 0 unspecified atom stereocenters. The molecule has 2 amide bonds. The van der Waals surface area contributed by atoms with Crippen LogP contribution in [-0.2, 0) is 0 Å². The number of aryl methyl sites for hydroxylation is 1. The first-order chi connectivity index (χ1) is 6.88. The number of amides is 2. The zero-order chi connectivity index (χ0) is 11.5. The standard InChI is InChI=1S/C11H17N3O/c1-8-7-12-6-5-9(8)13-10(15)14-11(2,3)4/h5-7H,1-4H3,(H2,12,13,14,15). The number of carbonyl (C=O) groups excluding carboxylic acids is 1. The van der Waals surface area contributed by atoms with Gasteiger partial charge in [0.25, 0.3) is 0 Å². The van der Waals surface area contributed by atoms with Gasteiger partial charge in [0.2, 0.25) is 0 Å². The van der Waals surface area contributed by atoms with Crippen molar-refractivity contribution >= 4 is 11.7 Å². The van der Waals surface area contributed by atoms with Gasteiger partial charge >= 0.3 is 6.03 Å². The molecule has 0 spiro atoms. The summed E-state index contributed by atoms with van der Waals surface area (Å²) in [6, 6.07) is 1.58. The van der Waals surface area contributed by atoms with Crippen LogP contribution in [0.3, 0.4) is 0 Å². The average Bonchev–Trinajstić information content (AvgIpc) is 2.05. The molecule has 1 rings (SSSR count). The zero-order valence-corrected chi connectivity index (χ0v) is 9.59. The van der Waals surface area contributed by atoms with Gasteiger partial charge < -0.3 is 10.6 Å². The van der Waals surface area contributed by atoms with Crippen LogP contribution >= 0.6 is 0 Å². The Morgan fingerprint density at radius 1 is 1.40 bits per heavy atom. The third-order valence-corrected chi connectivity index (χ3v) is 1.76. The fourth-order valence-electron chi connectivity index (χ4n) is 1.11. The number of hydrogen-bond acceptors (Lipinski definition) is 2. The monoisotopic (exact) mass is 207 g/mol. The summed E-state index contributed by atoms with van der Waals surface area (Å²) in [5.74, 6) is 0. The summed E-state index contributed by atoms with van der Waals surface area (Å²) in [4.78, 5) is 15.5. The lowest BCUT2D eigenvalue weighted by atomic mass is 10.1. The lowest BCUT2D eigenvalue weighted by molar-refractivity contribution is 0.244. The molecule has 0 aromatic carbocycles. The van der Waals surface area contributed by atoms with Gasteiger partial charge in [-0.15, -0.1) is 0 Å². The lowest BCUT2D eigenvalue weighted by Gasteiger charge is -2.21. The van der Waals surface area contributed by atoms with Crippen molar-refractivity contribution in [1.29, 1.82) is 0 Å². The highest BCUT2D eigenvalue weighted by Gasteiger charge is 2.13. The van der Waals surface area contributed by atoms with Crippen molar-refractivity contribution in [3.63, 3.8) is 0 Å². The van der Waals surface area contributed by atoms with Crippen LogP contribution in [0.5, 0.6) is 0 Å². The fraction of sp³-hybridized carbons (Fsp3) is 0.455. The molecule has 0 aliphatic heterocycles. The Morgan fingerprint density at radius 2 is 2.07 bits per heavy atom. The van der Waals surface area contributed by atoms with Gasteiger partial charge in [-0.3, -0.25) is 4.98 Å². The number of rotatable bonds is 1. The molecule has 0 fully saturated rings. The van der Waals surface area contributed by atoms with Crippen molar-refractivity contribution in [1.82, 2.24) is 10.3 Å². The van der Waals surface area contributed by atoms with E-state index in [1.54, 1.807) is 18.5 Å². The first kappa shape index (κ1) is 11.5. The maximum atomic E-state index is 11.5. The van der Waals surface area contributed by atoms with Gasteiger partial charge in [-0.05, 0) is 39.3 Å². The maximum absolute atomic E-state index is 11.5. The normalized spacial score (nSPS) is 10.9. The van der Waals surface area contributed by atoms with E-state index in [1.165, 1.54) is 0 Å². The summed E-state index contributed by atoms with van der Waals surface area (Å²) in [5.41, 5.74) is 1.50. The Balaban J connectivity index is 2.64. The Morgan fingerprint density at radius 3 is 2.60 bits per heavy atom. The van der Waals surface area contributed by atoms with E-state index < -0.39 is 0 Å². The van der Waals surface area contributed by atoms with Crippen LogP contribution in [0, 0.1) is 6.92 Å². The summed E-state index contributed by atoms with van der Waals surface area (Å²) in [6.45, 7) is 7.71. The van der Waals surface area contributed by atoms with Crippen molar-refractivity contribution in [3.8, 4) is 0 Å². The first-order valence-corrected chi connectivity index (χ1v) is 4.88. The van der Waals surface area contributed by atoms with Crippen molar-refractivity contribution in [2.45, 2.75) is 33.2 Å². The average molecular weight is 207 g/mol. The largest absolute Gasteiger partial charge is 0.333 e. The Hall–Kier alpha value is -1.58. The number of nitrogens with zero attached hydrogens (tertiary/aromatic N) is 1. The third-order valence-electron chi connectivity index (χ3n) is 1.76. The number of urea groups is 1. The minimum absolute atomic E-state index is 0.197. The highest BCUT2D eigenvalue weighted by Crippen LogP contribution is 2.11. The first-order valence-electron chi connectivity index (χ1n) is 4.88. The molecular formula is C11H17N3O. The number of aromatic nitrogens is 1. The van der Waals surface area contributed by atoms with Crippen LogP contribution in [0.25, 0.3) is 0 Å². The van der Waals surface area contributed by atoms with E-state index in [4.69, 9.17) is 0 Å². The van der Waals surface area contributed by atoms with Crippen molar-refractivity contribution in [2.75, 3.05) is 5.32 Å². The van der Waals surface area contributed by atoms with Crippen molar-refractivity contribution in [3.05, 3.63) is 24.0 Å².